The first-order valence-corrected chi connectivity index (χ1v) is 6.51. The molecule has 0 aromatic carbocycles. The Bertz CT molecular complexity index is 472. The summed E-state index contributed by atoms with van der Waals surface area (Å²) in [7, 11) is 0. The van der Waals surface area contributed by atoms with Gasteiger partial charge in [0.05, 0.1) is 5.69 Å². The fraction of sp³-hybridized carbons (Fsp3) is 0.750. The Morgan fingerprint density at radius 1 is 1.43 bits per heavy atom. The van der Waals surface area contributed by atoms with Crippen molar-refractivity contribution >= 4 is 5.97 Å². The lowest BCUT2D eigenvalue weighted by atomic mass is 10.1. The highest BCUT2D eigenvalue weighted by Crippen LogP contribution is 2.15. The maximum absolute atomic E-state index is 11.9. The Morgan fingerprint density at radius 3 is 2.62 bits per heavy atom. The average molecular weight is 309 g/mol. The number of aromatic carboxylic acids is 1. The van der Waals surface area contributed by atoms with Gasteiger partial charge in [0, 0.05) is 13.2 Å². The van der Waals surface area contributed by atoms with Gasteiger partial charge in [-0.15, -0.1) is 5.10 Å². The lowest BCUT2D eigenvalue weighted by molar-refractivity contribution is -0.174. The van der Waals surface area contributed by atoms with Gasteiger partial charge in [-0.2, -0.15) is 13.2 Å². The van der Waals surface area contributed by atoms with Gasteiger partial charge in [-0.05, 0) is 18.8 Å². The molecule has 0 spiro atoms. The highest BCUT2D eigenvalue weighted by atomic mass is 19.4. The third kappa shape index (κ3) is 6.11. The topological polar surface area (TPSA) is 77.2 Å². The van der Waals surface area contributed by atoms with Gasteiger partial charge in [-0.3, -0.25) is 0 Å². The van der Waals surface area contributed by atoms with E-state index in [0.29, 0.717) is 18.5 Å². The summed E-state index contributed by atoms with van der Waals surface area (Å²) in [6, 6.07) is 0. The summed E-state index contributed by atoms with van der Waals surface area (Å²) in [6.45, 7) is 2.75. The number of rotatable bonds is 8. The van der Waals surface area contributed by atoms with Crippen molar-refractivity contribution in [2.75, 3.05) is 13.2 Å². The highest BCUT2D eigenvalue weighted by Gasteiger charge is 2.27. The Morgan fingerprint density at radius 2 is 2.10 bits per heavy atom. The van der Waals surface area contributed by atoms with Crippen LogP contribution >= 0.6 is 0 Å². The molecule has 1 N–H and O–H groups in total. The second-order valence-electron chi connectivity index (χ2n) is 5.03. The standard InChI is InChI=1S/C12H18F3N3O3/c1-8(2)6-9-10(11(19)20)16-17-18(9)4-3-5-21-7-12(13,14)15/h8H,3-7H2,1-2H3,(H,19,20). The minimum atomic E-state index is -4.34. The number of nitrogens with zero attached hydrogens (tertiary/aromatic N) is 3. The predicted molar refractivity (Wildman–Crippen MR) is 67.0 cm³/mol. The quantitative estimate of drug-likeness (QED) is 0.744. The summed E-state index contributed by atoms with van der Waals surface area (Å²) >= 11 is 0. The molecule has 0 aliphatic carbocycles. The van der Waals surface area contributed by atoms with E-state index in [-0.39, 0.29) is 24.8 Å². The van der Waals surface area contributed by atoms with Crippen molar-refractivity contribution in [2.45, 2.75) is 39.4 Å². The van der Waals surface area contributed by atoms with Gasteiger partial charge in [0.25, 0.3) is 0 Å². The van der Waals surface area contributed by atoms with Crippen LogP contribution in [-0.4, -0.2) is 45.5 Å². The fourth-order valence-electron chi connectivity index (χ4n) is 1.77. The molecule has 0 bridgehead atoms. The van der Waals surface area contributed by atoms with Crippen LogP contribution in [0.5, 0.6) is 0 Å². The third-order valence-corrected chi connectivity index (χ3v) is 2.57. The summed E-state index contributed by atoms with van der Waals surface area (Å²) in [5, 5.41) is 16.4. The van der Waals surface area contributed by atoms with Crippen molar-refractivity contribution in [3.05, 3.63) is 11.4 Å². The summed E-state index contributed by atoms with van der Waals surface area (Å²) < 4.78 is 41.6. The lowest BCUT2D eigenvalue weighted by Crippen LogP contribution is -2.18. The molecule has 6 nitrogen and oxygen atoms in total. The second kappa shape index (κ2) is 7.39. The molecule has 0 amide bonds. The van der Waals surface area contributed by atoms with Crippen molar-refractivity contribution in [1.82, 2.24) is 15.0 Å². The van der Waals surface area contributed by atoms with E-state index in [1.165, 1.54) is 4.68 Å². The SMILES string of the molecule is CC(C)Cc1c(C(=O)O)nnn1CCCOCC(F)(F)F. The molecule has 1 rings (SSSR count). The normalized spacial score (nSPS) is 12.1. The number of carboxylic acid groups (broad SMARTS) is 1. The van der Waals surface area contributed by atoms with Gasteiger partial charge in [0.1, 0.15) is 6.61 Å². The van der Waals surface area contributed by atoms with Gasteiger partial charge in [-0.25, -0.2) is 9.48 Å². The van der Waals surface area contributed by atoms with Crippen LogP contribution in [0.15, 0.2) is 0 Å². The largest absolute Gasteiger partial charge is 0.476 e. The minimum absolute atomic E-state index is 0.0805. The van der Waals surface area contributed by atoms with Crippen molar-refractivity contribution < 1.29 is 27.8 Å². The van der Waals surface area contributed by atoms with Crippen LogP contribution in [0.2, 0.25) is 0 Å². The van der Waals surface area contributed by atoms with Gasteiger partial charge in [0.2, 0.25) is 0 Å². The number of alkyl halides is 3. The lowest BCUT2D eigenvalue weighted by Gasteiger charge is -2.10. The van der Waals surface area contributed by atoms with Crippen LogP contribution in [-0.2, 0) is 17.7 Å². The van der Waals surface area contributed by atoms with E-state index in [0.717, 1.165) is 0 Å². The molecule has 0 saturated carbocycles. The first-order chi connectivity index (χ1) is 9.70. The maximum atomic E-state index is 11.9. The zero-order chi connectivity index (χ0) is 16.0. The van der Waals surface area contributed by atoms with E-state index in [2.05, 4.69) is 15.0 Å². The molecular formula is C12H18F3N3O3. The Kier molecular flexibility index (Phi) is 6.13. The molecule has 9 heteroatoms. The van der Waals surface area contributed by atoms with Crippen LogP contribution < -0.4 is 0 Å². The summed E-state index contributed by atoms with van der Waals surface area (Å²) in [5.41, 5.74) is 0.369. The number of carboxylic acids is 1. The number of halogens is 3. The molecule has 0 fully saturated rings. The molecule has 0 saturated heterocycles. The molecule has 1 heterocycles. The van der Waals surface area contributed by atoms with Gasteiger partial charge in [-0.1, -0.05) is 19.1 Å². The molecule has 0 radical (unpaired) electrons. The van der Waals surface area contributed by atoms with Crippen LogP contribution in [0.25, 0.3) is 0 Å². The molecule has 120 valence electrons. The van der Waals surface area contributed by atoms with Gasteiger partial charge >= 0.3 is 12.1 Å². The van der Waals surface area contributed by atoms with E-state index in [9.17, 15) is 18.0 Å². The summed E-state index contributed by atoms with van der Waals surface area (Å²) in [4.78, 5) is 11.0. The number of ether oxygens (including phenoxy) is 1. The van der Waals surface area contributed by atoms with E-state index in [1.807, 2.05) is 13.8 Å². The zero-order valence-corrected chi connectivity index (χ0v) is 11.9. The average Bonchev–Trinajstić information content (AvgIpc) is 2.69. The van der Waals surface area contributed by atoms with Crippen LogP contribution in [0.4, 0.5) is 13.2 Å². The number of aryl methyl sites for hydroxylation is 1. The van der Waals surface area contributed by atoms with Crippen molar-refractivity contribution in [1.29, 1.82) is 0 Å². The summed E-state index contributed by atoms with van der Waals surface area (Å²) in [6.07, 6.45) is -3.56. The fourth-order valence-corrected chi connectivity index (χ4v) is 1.77. The molecule has 0 aliphatic heterocycles. The van der Waals surface area contributed by atoms with Crippen LogP contribution in [0.1, 0.15) is 36.5 Å². The third-order valence-electron chi connectivity index (χ3n) is 2.57. The van der Waals surface area contributed by atoms with Gasteiger partial charge < -0.3 is 9.84 Å². The van der Waals surface area contributed by atoms with Crippen molar-refractivity contribution in [2.24, 2.45) is 5.92 Å². The Balaban J connectivity index is 2.56. The minimum Gasteiger partial charge on any atom is -0.476 e. The zero-order valence-electron chi connectivity index (χ0n) is 11.9. The summed E-state index contributed by atoms with van der Waals surface area (Å²) in [5.74, 6) is -0.952. The van der Waals surface area contributed by atoms with Crippen molar-refractivity contribution in [3.63, 3.8) is 0 Å². The van der Waals surface area contributed by atoms with E-state index in [1.54, 1.807) is 0 Å². The van der Waals surface area contributed by atoms with E-state index in [4.69, 9.17) is 5.11 Å². The molecule has 0 atom stereocenters. The van der Waals surface area contributed by atoms with E-state index >= 15 is 0 Å². The van der Waals surface area contributed by atoms with Crippen LogP contribution in [0, 0.1) is 5.92 Å². The van der Waals surface area contributed by atoms with Crippen molar-refractivity contribution in [3.8, 4) is 0 Å². The number of hydrogen-bond acceptors (Lipinski definition) is 4. The molecular weight excluding hydrogens is 291 g/mol. The second-order valence-corrected chi connectivity index (χ2v) is 5.03. The maximum Gasteiger partial charge on any atom is 0.411 e. The number of carbonyl (C=O) groups is 1. The molecule has 0 unspecified atom stereocenters. The Labute approximate surface area is 119 Å². The molecule has 1 aromatic rings. The molecule has 1 aromatic heterocycles. The highest BCUT2D eigenvalue weighted by molar-refractivity contribution is 5.86. The first-order valence-electron chi connectivity index (χ1n) is 6.51. The Hall–Kier alpha value is -1.64. The van der Waals surface area contributed by atoms with E-state index < -0.39 is 18.8 Å². The van der Waals surface area contributed by atoms with Crippen LogP contribution in [0.3, 0.4) is 0 Å². The predicted octanol–water partition coefficient (Wildman–Crippen LogP) is 2.14. The molecule has 21 heavy (non-hydrogen) atoms. The number of aromatic nitrogens is 3. The number of hydrogen-bond donors (Lipinski definition) is 1. The van der Waals surface area contributed by atoms with Gasteiger partial charge in [0.15, 0.2) is 5.69 Å². The monoisotopic (exact) mass is 309 g/mol. The molecule has 0 aliphatic rings. The first kappa shape index (κ1) is 17.4. The smallest absolute Gasteiger partial charge is 0.411 e.